The Kier molecular flexibility index (Phi) is 5.61. The average molecular weight is 388 g/mol. The highest BCUT2D eigenvalue weighted by Gasteiger charge is 2.09. The van der Waals surface area contributed by atoms with Gasteiger partial charge < -0.3 is 10.1 Å². The molecule has 0 spiro atoms. The predicted molar refractivity (Wildman–Crippen MR) is 104 cm³/mol. The maximum absolute atomic E-state index is 12.2. The van der Waals surface area contributed by atoms with Crippen molar-refractivity contribution in [2.75, 3.05) is 5.32 Å². The number of carbonyl (C=O) groups is 1. The molecule has 26 heavy (non-hydrogen) atoms. The summed E-state index contributed by atoms with van der Waals surface area (Å²) in [5, 5.41) is 7.92. The number of nitrogens with zero attached hydrogens (tertiary/aromatic N) is 2. The van der Waals surface area contributed by atoms with E-state index in [0.29, 0.717) is 27.2 Å². The van der Waals surface area contributed by atoms with Gasteiger partial charge in [-0.3, -0.25) is 9.48 Å². The van der Waals surface area contributed by atoms with Crippen molar-refractivity contribution in [2.45, 2.75) is 0 Å². The van der Waals surface area contributed by atoms with Crippen molar-refractivity contribution in [3.8, 4) is 11.5 Å². The second kappa shape index (κ2) is 8.08. The van der Waals surface area contributed by atoms with Gasteiger partial charge in [0.2, 0.25) is 5.91 Å². The largest absolute Gasteiger partial charge is 0.455 e. The van der Waals surface area contributed by atoms with Crippen LogP contribution in [0.25, 0.3) is 6.08 Å². The number of aromatic nitrogens is 2. The second-order valence-corrected chi connectivity index (χ2v) is 6.34. The van der Waals surface area contributed by atoms with Gasteiger partial charge in [0.1, 0.15) is 5.75 Å². The molecule has 3 rings (SSSR count). The first-order chi connectivity index (χ1) is 12.5. The molecule has 1 N–H and O–H groups in total. The van der Waals surface area contributed by atoms with Crippen molar-refractivity contribution >= 4 is 40.9 Å². The molecule has 0 bridgehead atoms. The zero-order valence-corrected chi connectivity index (χ0v) is 15.3. The predicted octanol–water partition coefficient (Wildman–Crippen LogP) is 5.17. The van der Waals surface area contributed by atoms with E-state index in [9.17, 15) is 4.79 Å². The number of rotatable bonds is 5. The summed E-state index contributed by atoms with van der Waals surface area (Å²) in [5.74, 6) is 0.759. The van der Waals surface area contributed by atoms with E-state index in [-0.39, 0.29) is 5.91 Å². The number of aryl methyl sites for hydroxylation is 1. The molecule has 7 heteroatoms. The number of hydrogen-bond donors (Lipinski definition) is 1. The molecule has 0 radical (unpaired) electrons. The van der Waals surface area contributed by atoms with Crippen LogP contribution in [0.15, 0.2) is 60.9 Å². The van der Waals surface area contributed by atoms with Crippen LogP contribution in [0.3, 0.4) is 0 Å². The molecule has 3 aromatic rings. The fourth-order valence-electron chi connectivity index (χ4n) is 2.19. The number of hydrogen-bond acceptors (Lipinski definition) is 3. The number of amides is 1. The molecule has 0 fully saturated rings. The molecule has 1 aromatic heterocycles. The second-order valence-electron chi connectivity index (χ2n) is 5.47. The van der Waals surface area contributed by atoms with E-state index in [1.807, 2.05) is 7.05 Å². The first-order valence-corrected chi connectivity index (χ1v) is 8.46. The molecule has 0 saturated heterocycles. The molecule has 5 nitrogen and oxygen atoms in total. The highest BCUT2D eigenvalue weighted by atomic mass is 35.5. The van der Waals surface area contributed by atoms with E-state index in [1.165, 1.54) is 6.08 Å². The molecule has 0 atom stereocenters. The lowest BCUT2D eigenvalue weighted by molar-refractivity contribution is -0.111. The zero-order valence-electron chi connectivity index (χ0n) is 13.8. The van der Waals surface area contributed by atoms with Crippen molar-refractivity contribution in [1.82, 2.24) is 9.78 Å². The average Bonchev–Trinajstić information content (AvgIpc) is 3.03. The van der Waals surface area contributed by atoms with E-state index < -0.39 is 0 Å². The molecule has 0 aliphatic heterocycles. The van der Waals surface area contributed by atoms with Gasteiger partial charge in [0.25, 0.3) is 0 Å². The SMILES string of the molecule is Cn1cc(/C=C\C(=O)Nc2cc(Cl)ccc2Oc2ccc(Cl)cc2)cn1. The van der Waals surface area contributed by atoms with Crippen LogP contribution in [0.4, 0.5) is 5.69 Å². The van der Waals surface area contributed by atoms with E-state index >= 15 is 0 Å². The minimum absolute atomic E-state index is 0.308. The maximum atomic E-state index is 12.2. The molecular weight excluding hydrogens is 373 g/mol. The Labute approximate surface area is 160 Å². The summed E-state index contributed by atoms with van der Waals surface area (Å²) in [5.41, 5.74) is 1.29. The summed E-state index contributed by atoms with van der Waals surface area (Å²) >= 11 is 11.9. The lowest BCUT2D eigenvalue weighted by Crippen LogP contribution is -2.08. The molecule has 1 amide bonds. The minimum atomic E-state index is -0.308. The molecule has 0 saturated carbocycles. The van der Waals surface area contributed by atoms with Gasteiger partial charge in [-0.05, 0) is 48.5 Å². The molecule has 132 valence electrons. The van der Waals surface area contributed by atoms with Gasteiger partial charge in [-0.15, -0.1) is 0 Å². The summed E-state index contributed by atoms with van der Waals surface area (Å²) in [6.45, 7) is 0. The first kappa shape index (κ1) is 18.0. The van der Waals surface area contributed by atoms with Crippen molar-refractivity contribution in [3.63, 3.8) is 0 Å². The van der Waals surface area contributed by atoms with Crippen LogP contribution in [-0.4, -0.2) is 15.7 Å². The summed E-state index contributed by atoms with van der Waals surface area (Å²) in [6, 6.07) is 11.9. The van der Waals surface area contributed by atoms with Crippen LogP contribution < -0.4 is 10.1 Å². The van der Waals surface area contributed by atoms with Gasteiger partial charge in [0.15, 0.2) is 5.75 Å². The number of benzene rings is 2. The van der Waals surface area contributed by atoms with E-state index in [0.717, 1.165) is 5.56 Å². The molecule has 1 heterocycles. The van der Waals surface area contributed by atoms with Crippen LogP contribution in [0, 0.1) is 0 Å². The molecular formula is C19H15Cl2N3O2. The Bertz CT molecular complexity index is 950. The number of ether oxygens (including phenoxy) is 1. The van der Waals surface area contributed by atoms with Crippen molar-refractivity contribution in [2.24, 2.45) is 7.05 Å². The number of carbonyl (C=O) groups excluding carboxylic acids is 1. The van der Waals surface area contributed by atoms with Gasteiger partial charge >= 0.3 is 0 Å². The van der Waals surface area contributed by atoms with Gasteiger partial charge in [0, 0.05) is 34.9 Å². The highest BCUT2D eigenvalue weighted by Crippen LogP contribution is 2.32. The monoisotopic (exact) mass is 387 g/mol. The highest BCUT2D eigenvalue weighted by molar-refractivity contribution is 6.31. The third kappa shape index (κ3) is 4.88. The van der Waals surface area contributed by atoms with Gasteiger partial charge in [-0.2, -0.15) is 5.10 Å². The van der Waals surface area contributed by atoms with Crippen molar-refractivity contribution in [1.29, 1.82) is 0 Å². The Morgan fingerprint density at radius 2 is 1.88 bits per heavy atom. The number of anilines is 1. The molecule has 0 unspecified atom stereocenters. The third-order valence-electron chi connectivity index (χ3n) is 3.39. The minimum Gasteiger partial charge on any atom is -0.455 e. The quantitative estimate of drug-likeness (QED) is 0.614. The first-order valence-electron chi connectivity index (χ1n) is 7.70. The van der Waals surface area contributed by atoms with Gasteiger partial charge in [0.05, 0.1) is 11.9 Å². The summed E-state index contributed by atoms with van der Waals surface area (Å²) in [4.78, 5) is 12.2. The third-order valence-corrected chi connectivity index (χ3v) is 3.88. The molecule has 2 aromatic carbocycles. The van der Waals surface area contributed by atoms with E-state index in [4.69, 9.17) is 27.9 Å². The molecule has 0 aliphatic rings. The van der Waals surface area contributed by atoms with Crippen LogP contribution in [0.5, 0.6) is 11.5 Å². The summed E-state index contributed by atoms with van der Waals surface area (Å²) in [7, 11) is 1.81. The Balaban J connectivity index is 1.75. The standard InChI is InChI=1S/C19H15Cl2N3O2/c1-24-12-13(11-22-24)2-9-19(25)23-17-10-15(21)5-8-18(17)26-16-6-3-14(20)4-7-16/h2-12H,1H3,(H,23,25)/b9-2-. The van der Waals surface area contributed by atoms with Gasteiger partial charge in [-0.25, -0.2) is 0 Å². The topological polar surface area (TPSA) is 56.2 Å². The van der Waals surface area contributed by atoms with Crippen LogP contribution in [0.2, 0.25) is 10.0 Å². The Morgan fingerprint density at radius 3 is 2.58 bits per heavy atom. The van der Waals surface area contributed by atoms with E-state index in [2.05, 4.69) is 10.4 Å². The van der Waals surface area contributed by atoms with Crippen LogP contribution in [-0.2, 0) is 11.8 Å². The lowest BCUT2D eigenvalue weighted by Gasteiger charge is -2.12. The maximum Gasteiger partial charge on any atom is 0.248 e. The summed E-state index contributed by atoms with van der Waals surface area (Å²) < 4.78 is 7.48. The number of nitrogens with one attached hydrogen (secondary N) is 1. The van der Waals surface area contributed by atoms with Crippen molar-refractivity contribution < 1.29 is 9.53 Å². The van der Waals surface area contributed by atoms with Gasteiger partial charge in [-0.1, -0.05) is 23.2 Å². The zero-order chi connectivity index (χ0) is 18.5. The van der Waals surface area contributed by atoms with E-state index in [1.54, 1.807) is 65.6 Å². The number of halogens is 2. The smallest absolute Gasteiger partial charge is 0.248 e. The van der Waals surface area contributed by atoms with Crippen LogP contribution >= 0.6 is 23.2 Å². The normalized spacial score (nSPS) is 10.9. The Morgan fingerprint density at radius 1 is 1.15 bits per heavy atom. The molecule has 0 aliphatic carbocycles. The van der Waals surface area contributed by atoms with Crippen molar-refractivity contribution in [3.05, 3.63) is 76.5 Å². The van der Waals surface area contributed by atoms with Crippen LogP contribution in [0.1, 0.15) is 5.56 Å². The lowest BCUT2D eigenvalue weighted by atomic mass is 10.2. The fraction of sp³-hybridized carbons (Fsp3) is 0.0526. The summed E-state index contributed by atoms with van der Waals surface area (Å²) in [6.07, 6.45) is 6.56. The fourth-order valence-corrected chi connectivity index (χ4v) is 2.49. The Hall–Kier alpha value is -2.76.